The van der Waals surface area contributed by atoms with Crippen molar-refractivity contribution in [1.82, 2.24) is 9.97 Å². The Bertz CT molecular complexity index is 566. The lowest BCUT2D eigenvalue weighted by molar-refractivity contribution is 0.0764. The summed E-state index contributed by atoms with van der Waals surface area (Å²) in [6.07, 6.45) is 0.111. The molecule has 1 atom stereocenters. The molecule has 0 aliphatic rings. The van der Waals surface area contributed by atoms with Gasteiger partial charge in [0.25, 0.3) is 0 Å². The molecule has 1 heterocycles. The Morgan fingerprint density at radius 1 is 1.20 bits per heavy atom. The van der Waals surface area contributed by atoms with Gasteiger partial charge in [0.05, 0.1) is 6.10 Å². The molecule has 0 spiro atoms. The molecular weight excluding hydrogens is 250 g/mol. The van der Waals surface area contributed by atoms with E-state index in [0.717, 1.165) is 35.1 Å². The number of hydrogen-bond donors (Lipinski definition) is 1. The largest absolute Gasteiger partial charge is 0.374 e. The number of anilines is 1. The average Bonchev–Trinajstić information content (AvgIpc) is 2.47. The van der Waals surface area contributed by atoms with E-state index in [1.165, 1.54) is 0 Å². The van der Waals surface area contributed by atoms with Gasteiger partial charge < -0.3 is 10.1 Å². The molecule has 0 aliphatic carbocycles. The Kier molecular flexibility index (Phi) is 4.69. The highest BCUT2D eigenvalue weighted by molar-refractivity contribution is 5.58. The summed E-state index contributed by atoms with van der Waals surface area (Å²) in [4.78, 5) is 8.96. The van der Waals surface area contributed by atoms with Crippen molar-refractivity contribution in [2.24, 2.45) is 0 Å². The molecule has 0 bridgehead atoms. The molecule has 0 saturated carbocycles. The zero-order chi connectivity index (χ0) is 14.5. The van der Waals surface area contributed by atoms with E-state index in [4.69, 9.17) is 4.74 Å². The molecule has 2 aromatic rings. The van der Waals surface area contributed by atoms with Crippen LogP contribution in [0.15, 0.2) is 30.3 Å². The third-order valence-electron chi connectivity index (χ3n) is 3.17. The van der Waals surface area contributed by atoms with E-state index in [1.807, 2.05) is 39.1 Å². The Labute approximate surface area is 120 Å². The minimum Gasteiger partial charge on any atom is -0.374 e. The second kappa shape index (κ2) is 6.48. The lowest BCUT2D eigenvalue weighted by Crippen LogP contribution is -2.00. The first-order valence-corrected chi connectivity index (χ1v) is 6.89. The predicted octanol–water partition coefficient (Wildman–Crippen LogP) is 3.59. The minimum atomic E-state index is 0.111. The van der Waals surface area contributed by atoms with Crippen molar-refractivity contribution in [3.63, 3.8) is 0 Å². The SMILES string of the molecule is CCO[C@H](C)c1ccc(-c2nc(C)cc(NC)n2)cc1. The van der Waals surface area contributed by atoms with E-state index < -0.39 is 0 Å². The van der Waals surface area contributed by atoms with Crippen molar-refractivity contribution in [3.8, 4) is 11.4 Å². The zero-order valence-corrected chi connectivity index (χ0v) is 12.5. The molecule has 0 unspecified atom stereocenters. The first kappa shape index (κ1) is 14.5. The average molecular weight is 271 g/mol. The molecule has 20 heavy (non-hydrogen) atoms. The van der Waals surface area contributed by atoms with Crippen molar-refractivity contribution in [2.75, 3.05) is 19.0 Å². The molecule has 0 saturated heterocycles. The van der Waals surface area contributed by atoms with Crippen molar-refractivity contribution < 1.29 is 4.74 Å². The smallest absolute Gasteiger partial charge is 0.161 e. The highest BCUT2D eigenvalue weighted by Crippen LogP contribution is 2.22. The van der Waals surface area contributed by atoms with Gasteiger partial charge in [0.1, 0.15) is 5.82 Å². The van der Waals surface area contributed by atoms with Gasteiger partial charge >= 0.3 is 0 Å². The standard InChI is InChI=1S/C16H21N3O/c1-5-20-12(3)13-6-8-14(9-7-13)16-18-11(2)10-15(17-4)19-16/h6-10,12H,5H2,1-4H3,(H,17,18,19)/t12-/m1/s1. The van der Waals surface area contributed by atoms with Crippen LogP contribution in [0.2, 0.25) is 0 Å². The van der Waals surface area contributed by atoms with Crippen molar-refractivity contribution in [3.05, 3.63) is 41.6 Å². The fourth-order valence-corrected chi connectivity index (χ4v) is 2.08. The number of benzene rings is 1. The molecule has 4 nitrogen and oxygen atoms in total. The number of rotatable bonds is 5. The molecule has 0 amide bonds. The normalized spacial score (nSPS) is 12.2. The number of nitrogens with one attached hydrogen (secondary N) is 1. The molecule has 1 N–H and O–H groups in total. The summed E-state index contributed by atoms with van der Waals surface area (Å²) in [6.45, 7) is 6.75. The van der Waals surface area contributed by atoms with Crippen LogP contribution in [0.5, 0.6) is 0 Å². The van der Waals surface area contributed by atoms with Gasteiger partial charge in [0, 0.05) is 31.0 Å². The van der Waals surface area contributed by atoms with Gasteiger partial charge in [0.2, 0.25) is 0 Å². The maximum Gasteiger partial charge on any atom is 0.161 e. The predicted molar refractivity (Wildman–Crippen MR) is 81.8 cm³/mol. The Hall–Kier alpha value is -1.94. The third kappa shape index (κ3) is 3.33. The number of ether oxygens (including phenoxy) is 1. The number of aryl methyl sites for hydroxylation is 1. The van der Waals surface area contributed by atoms with Crippen LogP contribution in [0, 0.1) is 6.92 Å². The Morgan fingerprint density at radius 3 is 2.50 bits per heavy atom. The van der Waals surface area contributed by atoms with Gasteiger partial charge in [-0.1, -0.05) is 24.3 Å². The second-order valence-electron chi connectivity index (χ2n) is 4.69. The van der Waals surface area contributed by atoms with E-state index in [-0.39, 0.29) is 6.10 Å². The molecule has 0 aliphatic heterocycles. The van der Waals surface area contributed by atoms with Gasteiger partial charge in [-0.05, 0) is 26.3 Å². The van der Waals surface area contributed by atoms with Crippen LogP contribution in [0.4, 0.5) is 5.82 Å². The minimum absolute atomic E-state index is 0.111. The quantitative estimate of drug-likeness (QED) is 0.902. The van der Waals surface area contributed by atoms with E-state index >= 15 is 0 Å². The Balaban J connectivity index is 2.28. The lowest BCUT2D eigenvalue weighted by atomic mass is 10.1. The van der Waals surface area contributed by atoms with E-state index in [0.29, 0.717) is 0 Å². The first-order valence-electron chi connectivity index (χ1n) is 6.89. The van der Waals surface area contributed by atoms with E-state index in [1.54, 1.807) is 0 Å². The monoisotopic (exact) mass is 271 g/mol. The van der Waals surface area contributed by atoms with Crippen LogP contribution < -0.4 is 5.32 Å². The van der Waals surface area contributed by atoms with Gasteiger partial charge in [-0.25, -0.2) is 9.97 Å². The fraction of sp³-hybridized carbons (Fsp3) is 0.375. The topological polar surface area (TPSA) is 47.0 Å². The van der Waals surface area contributed by atoms with E-state index in [9.17, 15) is 0 Å². The first-order chi connectivity index (χ1) is 9.63. The maximum atomic E-state index is 5.59. The second-order valence-corrected chi connectivity index (χ2v) is 4.69. The molecule has 4 heteroatoms. The third-order valence-corrected chi connectivity index (χ3v) is 3.17. The summed E-state index contributed by atoms with van der Waals surface area (Å²) in [6, 6.07) is 10.1. The van der Waals surface area contributed by atoms with Gasteiger partial charge in [0.15, 0.2) is 5.82 Å². The number of aromatic nitrogens is 2. The van der Waals surface area contributed by atoms with Crippen LogP contribution in [-0.4, -0.2) is 23.6 Å². The summed E-state index contributed by atoms with van der Waals surface area (Å²) in [7, 11) is 1.86. The molecule has 0 fully saturated rings. The van der Waals surface area contributed by atoms with Crippen molar-refractivity contribution in [2.45, 2.75) is 26.9 Å². The molecule has 2 rings (SSSR count). The fourth-order valence-electron chi connectivity index (χ4n) is 2.08. The van der Waals surface area contributed by atoms with Crippen molar-refractivity contribution >= 4 is 5.82 Å². The highest BCUT2D eigenvalue weighted by atomic mass is 16.5. The van der Waals surface area contributed by atoms with E-state index in [2.05, 4.69) is 34.3 Å². The van der Waals surface area contributed by atoms with Crippen molar-refractivity contribution in [1.29, 1.82) is 0 Å². The van der Waals surface area contributed by atoms with Gasteiger partial charge in [-0.3, -0.25) is 0 Å². The van der Waals surface area contributed by atoms with Gasteiger partial charge in [-0.15, -0.1) is 0 Å². The van der Waals surface area contributed by atoms with Crippen LogP contribution in [-0.2, 0) is 4.74 Å². The molecule has 106 valence electrons. The highest BCUT2D eigenvalue weighted by Gasteiger charge is 2.07. The molecule has 1 aromatic carbocycles. The van der Waals surface area contributed by atoms with Crippen LogP contribution in [0.1, 0.15) is 31.2 Å². The number of hydrogen-bond acceptors (Lipinski definition) is 4. The van der Waals surface area contributed by atoms with Crippen LogP contribution in [0.25, 0.3) is 11.4 Å². The summed E-state index contributed by atoms with van der Waals surface area (Å²) in [5.41, 5.74) is 3.13. The van der Waals surface area contributed by atoms with Gasteiger partial charge in [-0.2, -0.15) is 0 Å². The number of nitrogens with zero attached hydrogens (tertiary/aromatic N) is 2. The maximum absolute atomic E-state index is 5.59. The van der Waals surface area contributed by atoms with Crippen LogP contribution in [0.3, 0.4) is 0 Å². The Morgan fingerprint density at radius 2 is 1.90 bits per heavy atom. The zero-order valence-electron chi connectivity index (χ0n) is 12.5. The molecule has 0 radical (unpaired) electrons. The molecule has 1 aromatic heterocycles. The summed E-state index contributed by atoms with van der Waals surface area (Å²) in [5.74, 6) is 1.57. The lowest BCUT2D eigenvalue weighted by Gasteiger charge is -2.12. The summed E-state index contributed by atoms with van der Waals surface area (Å²) < 4.78 is 5.59. The summed E-state index contributed by atoms with van der Waals surface area (Å²) >= 11 is 0. The van der Waals surface area contributed by atoms with Crippen LogP contribution >= 0.6 is 0 Å². The summed E-state index contributed by atoms with van der Waals surface area (Å²) in [5, 5.41) is 3.05. The molecular formula is C16H21N3O.